The number of carbonyl (C=O) groups excluding carboxylic acids is 3. The number of amides is 3. The van der Waals surface area contributed by atoms with E-state index in [-0.39, 0.29) is 43.1 Å². The molecule has 2 aromatic rings. The van der Waals surface area contributed by atoms with Crippen molar-refractivity contribution in [3.63, 3.8) is 0 Å². The van der Waals surface area contributed by atoms with Gasteiger partial charge in [0.25, 0.3) is 5.91 Å². The van der Waals surface area contributed by atoms with Crippen molar-refractivity contribution in [1.82, 2.24) is 10.2 Å². The maximum atomic E-state index is 13.5. The monoisotopic (exact) mass is 477 g/mol. The first-order valence-electron chi connectivity index (χ1n) is 11.8. The van der Waals surface area contributed by atoms with E-state index in [1.165, 1.54) is 4.90 Å². The van der Waals surface area contributed by atoms with Crippen LogP contribution in [0.4, 0.5) is 5.69 Å². The first-order chi connectivity index (χ1) is 16.4. The SMILES string of the molecule is Cc1cccc(-c2ccc3c(c2)C(=O)N2C[C@@H](NC(=O)CC(C)(C)CC(=O)O)C[C@H]2C(=O)N3)c1C. The van der Waals surface area contributed by atoms with Crippen LogP contribution < -0.4 is 10.6 Å². The third kappa shape index (κ3) is 5.06. The summed E-state index contributed by atoms with van der Waals surface area (Å²) in [6.07, 6.45) is 0.226. The summed E-state index contributed by atoms with van der Waals surface area (Å²) in [5.41, 5.74) is 4.43. The van der Waals surface area contributed by atoms with Crippen LogP contribution in [0.3, 0.4) is 0 Å². The van der Waals surface area contributed by atoms with Gasteiger partial charge in [-0.2, -0.15) is 0 Å². The first-order valence-corrected chi connectivity index (χ1v) is 11.8. The predicted octanol–water partition coefficient (Wildman–Crippen LogP) is 3.51. The van der Waals surface area contributed by atoms with Crippen molar-refractivity contribution < 1.29 is 24.3 Å². The molecule has 0 unspecified atom stereocenters. The molecule has 3 N–H and O–H groups in total. The highest BCUT2D eigenvalue weighted by Gasteiger charge is 2.43. The van der Waals surface area contributed by atoms with Gasteiger partial charge in [-0.1, -0.05) is 38.1 Å². The fourth-order valence-corrected chi connectivity index (χ4v) is 5.03. The van der Waals surface area contributed by atoms with Gasteiger partial charge in [0.2, 0.25) is 11.8 Å². The van der Waals surface area contributed by atoms with E-state index in [9.17, 15) is 19.2 Å². The molecule has 1 fully saturated rings. The van der Waals surface area contributed by atoms with Crippen LogP contribution in [0, 0.1) is 19.3 Å². The Morgan fingerprint density at radius 3 is 2.57 bits per heavy atom. The largest absolute Gasteiger partial charge is 0.481 e. The zero-order valence-electron chi connectivity index (χ0n) is 20.5. The highest BCUT2D eigenvalue weighted by molar-refractivity contribution is 6.11. The van der Waals surface area contributed by atoms with Gasteiger partial charge in [0, 0.05) is 19.0 Å². The molecule has 2 heterocycles. The fraction of sp³-hybridized carbons (Fsp3) is 0.407. The van der Waals surface area contributed by atoms with Crippen molar-refractivity contribution in [2.24, 2.45) is 5.41 Å². The number of benzene rings is 2. The van der Waals surface area contributed by atoms with Crippen molar-refractivity contribution >= 4 is 29.4 Å². The van der Waals surface area contributed by atoms with Crippen molar-refractivity contribution in [3.05, 3.63) is 53.1 Å². The summed E-state index contributed by atoms with van der Waals surface area (Å²) >= 11 is 0. The van der Waals surface area contributed by atoms with Gasteiger partial charge >= 0.3 is 5.97 Å². The van der Waals surface area contributed by atoms with Crippen LogP contribution >= 0.6 is 0 Å². The van der Waals surface area contributed by atoms with Crippen LogP contribution in [-0.2, 0) is 14.4 Å². The summed E-state index contributed by atoms with van der Waals surface area (Å²) in [5.74, 6) is -1.78. The van der Waals surface area contributed by atoms with E-state index in [2.05, 4.69) is 10.6 Å². The molecule has 0 saturated carbocycles. The summed E-state index contributed by atoms with van der Waals surface area (Å²) < 4.78 is 0. The number of anilines is 1. The van der Waals surface area contributed by atoms with Gasteiger partial charge in [0.15, 0.2) is 0 Å². The lowest BCUT2D eigenvalue weighted by molar-refractivity contribution is -0.139. The number of aryl methyl sites for hydroxylation is 1. The van der Waals surface area contributed by atoms with E-state index in [1.54, 1.807) is 19.9 Å². The molecular weight excluding hydrogens is 446 g/mol. The Bertz CT molecular complexity index is 1220. The quantitative estimate of drug-likeness (QED) is 0.589. The molecule has 8 heteroatoms. The Labute approximate surface area is 204 Å². The zero-order valence-corrected chi connectivity index (χ0v) is 20.5. The van der Waals surface area contributed by atoms with Crippen LogP contribution in [0.2, 0.25) is 0 Å². The molecule has 2 aliphatic heterocycles. The lowest BCUT2D eigenvalue weighted by Gasteiger charge is -2.23. The lowest BCUT2D eigenvalue weighted by atomic mass is 9.85. The van der Waals surface area contributed by atoms with Crippen LogP contribution in [0.1, 0.15) is 54.6 Å². The lowest BCUT2D eigenvalue weighted by Crippen LogP contribution is -2.41. The number of nitrogens with one attached hydrogen (secondary N) is 2. The number of carboxylic acids is 1. The average molecular weight is 478 g/mol. The smallest absolute Gasteiger partial charge is 0.303 e. The van der Waals surface area contributed by atoms with E-state index in [4.69, 9.17) is 5.11 Å². The molecule has 35 heavy (non-hydrogen) atoms. The molecule has 0 spiro atoms. The maximum absolute atomic E-state index is 13.5. The summed E-state index contributed by atoms with van der Waals surface area (Å²) in [6.45, 7) is 7.75. The van der Waals surface area contributed by atoms with Gasteiger partial charge in [0.1, 0.15) is 6.04 Å². The van der Waals surface area contributed by atoms with E-state index in [1.807, 2.05) is 44.2 Å². The molecule has 1 saturated heterocycles. The normalized spacial score (nSPS) is 19.5. The van der Waals surface area contributed by atoms with Crippen LogP contribution in [-0.4, -0.2) is 52.3 Å². The van der Waals surface area contributed by atoms with E-state index >= 15 is 0 Å². The Hall–Kier alpha value is -3.68. The second-order valence-electron chi connectivity index (χ2n) is 10.4. The maximum Gasteiger partial charge on any atom is 0.303 e. The first kappa shape index (κ1) is 24.4. The topological polar surface area (TPSA) is 116 Å². The van der Waals surface area contributed by atoms with Crippen molar-refractivity contribution in [2.45, 2.75) is 59.0 Å². The van der Waals surface area contributed by atoms with Crippen LogP contribution in [0.5, 0.6) is 0 Å². The Morgan fingerprint density at radius 1 is 1.11 bits per heavy atom. The number of hydrogen-bond acceptors (Lipinski definition) is 4. The molecule has 0 aliphatic carbocycles. The fourth-order valence-electron chi connectivity index (χ4n) is 5.03. The Morgan fingerprint density at radius 2 is 1.86 bits per heavy atom. The second kappa shape index (κ2) is 9.17. The summed E-state index contributed by atoms with van der Waals surface area (Å²) in [5, 5.41) is 14.8. The third-order valence-electron chi connectivity index (χ3n) is 6.92. The van der Waals surface area contributed by atoms with Crippen molar-refractivity contribution in [1.29, 1.82) is 0 Å². The number of fused-ring (bicyclic) bond motifs is 2. The van der Waals surface area contributed by atoms with Gasteiger partial charge < -0.3 is 20.6 Å². The van der Waals surface area contributed by atoms with Crippen LogP contribution in [0.25, 0.3) is 11.1 Å². The highest BCUT2D eigenvalue weighted by Crippen LogP contribution is 2.34. The van der Waals surface area contributed by atoms with E-state index in [0.29, 0.717) is 17.7 Å². The highest BCUT2D eigenvalue weighted by atomic mass is 16.4. The molecule has 3 amide bonds. The summed E-state index contributed by atoms with van der Waals surface area (Å²) in [7, 11) is 0. The second-order valence-corrected chi connectivity index (χ2v) is 10.4. The van der Waals surface area contributed by atoms with Crippen LogP contribution in [0.15, 0.2) is 36.4 Å². The van der Waals surface area contributed by atoms with Gasteiger partial charge in [-0.05, 0) is 60.1 Å². The standard InChI is InChI=1S/C27H31N3O5/c1-15-6-5-7-19(16(15)2)17-8-9-21-20(10-17)26(35)30-14-18(11-22(30)25(34)29-21)28-23(31)12-27(3,4)13-24(32)33/h5-10,18,22H,11-14H2,1-4H3,(H,28,31)(H,29,34)(H,32,33)/t18-,22-/m0/s1. The zero-order chi connectivity index (χ0) is 25.5. The minimum absolute atomic E-state index is 0.0443. The molecular formula is C27H31N3O5. The van der Waals surface area contributed by atoms with E-state index < -0.39 is 17.4 Å². The minimum Gasteiger partial charge on any atom is -0.481 e. The number of hydrogen-bond donors (Lipinski definition) is 3. The van der Waals surface area contributed by atoms with Gasteiger partial charge in [-0.15, -0.1) is 0 Å². The molecule has 2 aromatic carbocycles. The third-order valence-corrected chi connectivity index (χ3v) is 6.92. The Kier molecular flexibility index (Phi) is 6.40. The molecule has 8 nitrogen and oxygen atoms in total. The van der Waals surface area contributed by atoms with Crippen molar-refractivity contribution in [3.8, 4) is 11.1 Å². The van der Waals surface area contributed by atoms with Gasteiger partial charge in [0.05, 0.1) is 17.7 Å². The molecule has 0 radical (unpaired) electrons. The number of rotatable bonds is 6. The molecule has 184 valence electrons. The van der Waals surface area contributed by atoms with Gasteiger partial charge in [-0.3, -0.25) is 19.2 Å². The van der Waals surface area contributed by atoms with Crippen molar-refractivity contribution in [2.75, 3.05) is 11.9 Å². The summed E-state index contributed by atoms with van der Waals surface area (Å²) in [6, 6.07) is 10.5. The Balaban J connectivity index is 1.54. The van der Waals surface area contributed by atoms with E-state index in [0.717, 1.165) is 22.3 Å². The number of aliphatic carboxylic acids is 1. The van der Waals surface area contributed by atoms with Gasteiger partial charge in [-0.25, -0.2) is 0 Å². The average Bonchev–Trinajstić information content (AvgIpc) is 3.14. The number of nitrogens with zero attached hydrogens (tertiary/aromatic N) is 1. The number of carbonyl (C=O) groups is 4. The minimum atomic E-state index is -0.960. The molecule has 4 rings (SSSR count). The molecule has 0 bridgehead atoms. The predicted molar refractivity (Wildman–Crippen MR) is 132 cm³/mol. The molecule has 2 atom stereocenters. The molecule has 2 aliphatic rings. The number of carboxylic acid groups (broad SMARTS) is 1. The molecule has 0 aromatic heterocycles. The summed E-state index contributed by atoms with van der Waals surface area (Å²) in [4.78, 5) is 51.7.